The number of hydrogen-bond acceptors (Lipinski definition) is 7. The topological polar surface area (TPSA) is 129 Å². The van der Waals surface area contributed by atoms with Gasteiger partial charge < -0.3 is 35.2 Å². The van der Waals surface area contributed by atoms with Crippen molar-refractivity contribution >= 4 is 23.6 Å². The number of nitrogens with zero attached hydrogens (tertiary/aromatic N) is 2. The standard InChI is InChI=1S/C31H41N5O6/c1-35-21-28(38)34-31(13-16-36(17-14-31)29(39)22-42-24-9-4-3-5-10-24)19-27(37)32-15-7-12-26(30(35)40)33-20-23-8-6-11-25(18-23)41-2/h3-6,8-11,18,26,33H,7,12-17,19-22H2,1-2H3,(H,32,37)(H,34,38)/t26-/m0/s1. The number of hydrogen-bond donors (Lipinski definition) is 3. The molecule has 0 unspecified atom stereocenters. The first-order valence-corrected chi connectivity index (χ1v) is 14.4. The fraction of sp³-hybridized carbons (Fsp3) is 0.484. The number of amides is 4. The van der Waals surface area contributed by atoms with Gasteiger partial charge in [0.1, 0.15) is 11.5 Å². The normalized spacial score (nSPS) is 20.0. The number of likely N-dealkylation sites (tertiary alicyclic amines) is 1. The number of rotatable bonds is 7. The van der Waals surface area contributed by atoms with E-state index >= 15 is 0 Å². The van der Waals surface area contributed by atoms with Crippen molar-refractivity contribution in [2.75, 3.05) is 46.9 Å². The van der Waals surface area contributed by atoms with Gasteiger partial charge in [-0.3, -0.25) is 19.2 Å². The molecule has 11 nitrogen and oxygen atoms in total. The average Bonchev–Trinajstić information content (AvgIpc) is 3.00. The monoisotopic (exact) mass is 579 g/mol. The molecular weight excluding hydrogens is 538 g/mol. The maximum Gasteiger partial charge on any atom is 0.260 e. The van der Waals surface area contributed by atoms with Gasteiger partial charge in [-0.2, -0.15) is 0 Å². The molecule has 0 aromatic heterocycles. The molecule has 2 saturated heterocycles. The Balaban J connectivity index is 1.36. The Hall–Kier alpha value is -4.12. The van der Waals surface area contributed by atoms with E-state index in [1.807, 2.05) is 42.5 Å². The Morgan fingerprint density at radius 1 is 1.02 bits per heavy atom. The van der Waals surface area contributed by atoms with Crippen LogP contribution in [-0.4, -0.2) is 92.0 Å². The van der Waals surface area contributed by atoms with Gasteiger partial charge in [0.25, 0.3) is 5.91 Å². The summed E-state index contributed by atoms with van der Waals surface area (Å²) in [6, 6.07) is 16.2. The van der Waals surface area contributed by atoms with Crippen LogP contribution in [0.4, 0.5) is 0 Å². The predicted octanol–water partition coefficient (Wildman–Crippen LogP) is 1.47. The van der Waals surface area contributed by atoms with Crippen molar-refractivity contribution in [3.8, 4) is 11.5 Å². The van der Waals surface area contributed by atoms with Gasteiger partial charge in [-0.15, -0.1) is 0 Å². The van der Waals surface area contributed by atoms with E-state index in [0.29, 0.717) is 57.6 Å². The van der Waals surface area contributed by atoms with Gasteiger partial charge in [0.2, 0.25) is 17.7 Å². The molecule has 0 radical (unpaired) electrons. The van der Waals surface area contributed by atoms with Crippen molar-refractivity contribution < 1.29 is 28.7 Å². The third-order valence-electron chi connectivity index (χ3n) is 7.82. The van der Waals surface area contributed by atoms with Gasteiger partial charge in [-0.25, -0.2) is 0 Å². The SMILES string of the molecule is COc1cccc(CN[C@H]2CCCNC(=O)CC3(CCN(C(=O)COc4ccccc4)CC3)NC(=O)CN(C)C2=O)c1. The number of carbonyl (C=O) groups is 4. The first-order valence-electron chi connectivity index (χ1n) is 14.4. The van der Waals surface area contributed by atoms with E-state index in [9.17, 15) is 19.2 Å². The molecule has 0 aliphatic carbocycles. The van der Waals surface area contributed by atoms with E-state index in [0.717, 1.165) is 11.3 Å². The van der Waals surface area contributed by atoms with Gasteiger partial charge in [0.15, 0.2) is 6.61 Å². The molecule has 2 aliphatic rings. The van der Waals surface area contributed by atoms with E-state index < -0.39 is 11.6 Å². The maximum absolute atomic E-state index is 13.4. The van der Waals surface area contributed by atoms with Crippen LogP contribution in [0, 0.1) is 0 Å². The van der Waals surface area contributed by atoms with E-state index in [2.05, 4.69) is 16.0 Å². The number of carbonyl (C=O) groups excluding carboxylic acids is 4. The zero-order chi connectivity index (χ0) is 30.0. The number of piperidine rings is 1. The quantitative estimate of drug-likeness (QED) is 0.453. The lowest BCUT2D eigenvalue weighted by Gasteiger charge is -2.42. The number of methoxy groups -OCH3 is 1. The first kappa shape index (κ1) is 30.8. The molecule has 1 atom stereocenters. The van der Waals surface area contributed by atoms with Crippen LogP contribution in [0.5, 0.6) is 11.5 Å². The summed E-state index contributed by atoms with van der Waals surface area (Å²) >= 11 is 0. The minimum Gasteiger partial charge on any atom is -0.497 e. The number of para-hydroxylation sites is 1. The fourth-order valence-corrected chi connectivity index (χ4v) is 5.42. The molecular formula is C31H41N5O6. The highest BCUT2D eigenvalue weighted by Gasteiger charge is 2.39. The Labute approximate surface area is 246 Å². The van der Waals surface area contributed by atoms with Crippen molar-refractivity contribution in [1.29, 1.82) is 0 Å². The zero-order valence-corrected chi connectivity index (χ0v) is 24.4. The van der Waals surface area contributed by atoms with Gasteiger partial charge in [0, 0.05) is 39.6 Å². The van der Waals surface area contributed by atoms with Gasteiger partial charge >= 0.3 is 0 Å². The van der Waals surface area contributed by atoms with Crippen LogP contribution in [0.3, 0.4) is 0 Å². The molecule has 11 heteroatoms. The van der Waals surface area contributed by atoms with Crippen LogP contribution in [0.25, 0.3) is 0 Å². The lowest BCUT2D eigenvalue weighted by Crippen LogP contribution is -2.59. The van der Waals surface area contributed by atoms with E-state index in [1.165, 1.54) is 4.90 Å². The molecule has 4 amide bonds. The summed E-state index contributed by atoms with van der Waals surface area (Å²) in [6.07, 6.45) is 2.05. The van der Waals surface area contributed by atoms with Crippen LogP contribution in [0.1, 0.15) is 37.7 Å². The second kappa shape index (κ2) is 14.7. The highest BCUT2D eigenvalue weighted by molar-refractivity contribution is 5.88. The minimum absolute atomic E-state index is 0.0796. The van der Waals surface area contributed by atoms with Crippen molar-refractivity contribution in [1.82, 2.24) is 25.8 Å². The highest BCUT2D eigenvalue weighted by atomic mass is 16.5. The highest BCUT2D eigenvalue weighted by Crippen LogP contribution is 2.27. The smallest absolute Gasteiger partial charge is 0.260 e. The molecule has 2 heterocycles. The first-order chi connectivity index (χ1) is 20.3. The zero-order valence-electron chi connectivity index (χ0n) is 24.4. The Kier molecular flexibility index (Phi) is 10.8. The van der Waals surface area contributed by atoms with Gasteiger partial charge in [0.05, 0.1) is 25.2 Å². The molecule has 2 aliphatic heterocycles. The third-order valence-corrected chi connectivity index (χ3v) is 7.82. The Bertz CT molecular complexity index is 1230. The Morgan fingerprint density at radius 3 is 2.50 bits per heavy atom. The average molecular weight is 580 g/mol. The summed E-state index contributed by atoms with van der Waals surface area (Å²) < 4.78 is 10.9. The summed E-state index contributed by atoms with van der Waals surface area (Å²) in [6.45, 7) is 1.43. The van der Waals surface area contributed by atoms with Crippen LogP contribution >= 0.6 is 0 Å². The molecule has 2 aromatic rings. The Morgan fingerprint density at radius 2 is 1.76 bits per heavy atom. The number of benzene rings is 2. The van der Waals surface area contributed by atoms with Crippen molar-refractivity contribution in [2.24, 2.45) is 0 Å². The number of nitrogens with one attached hydrogen (secondary N) is 3. The van der Waals surface area contributed by atoms with Crippen molar-refractivity contribution in [3.05, 3.63) is 60.2 Å². The van der Waals surface area contributed by atoms with Crippen LogP contribution in [0.2, 0.25) is 0 Å². The van der Waals surface area contributed by atoms with Crippen LogP contribution < -0.4 is 25.4 Å². The molecule has 4 rings (SSSR count). The maximum atomic E-state index is 13.4. The molecule has 2 fully saturated rings. The van der Waals surface area contributed by atoms with Crippen molar-refractivity contribution in [3.63, 3.8) is 0 Å². The fourth-order valence-electron chi connectivity index (χ4n) is 5.42. The molecule has 42 heavy (non-hydrogen) atoms. The summed E-state index contributed by atoms with van der Waals surface area (Å²) in [4.78, 5) is 55.4. The predicted molar refractivity (Wildman–Crippen MR) is 157 cm³/mol. The summed E-state index contributed by atoms with van der Waals surface area (Å²) in [5.74, 6) is 0.518. The number of ether oxygens (including phenoxy) is 2. The number of likely N-dealkylation sites (N-methyl/N-ethyl adjacent to an activating group) is 1. The molecule has 1 spiro atoms. The van der Waals surface area contributed by atoms with Gasteiger partial charge in [-0.05, 0) is 55.5 Å². The lowest BCUT2D eigenvalue weighted by molar-refractivity contribution is -0.139. The van der Waals surface area contributed by atoms with Crippen LogP contribution in [0.15, 0.2) is 54.6 Å². The molecule has 0 saturated carbocycles. The van der Waals surface area contributed by atoms with E-state index in [4.69, 9.17) is 9.47 Å². The van der Waals surface area contributed by atoms with Gasteiger partial charge in [-0.1, -0.05) is 30.3 Å². The minimum atomic E-state index is -0.805. The lowest BCUT2D eigenvalue weighted by atomic mass is 9.83. The van der Waals surface area contributed by atoms with Crippen molar-refractivity contribution in [2.45, 2.75) is 50.2 Å². The molecule has 226 valence electrons. The molecule has 2 aromatic carbocycles. The summed E-state index contributed by atoms with van der Waals surface area (Å²) in [5.41, 5.74) is 0.164. The molecule has 0 bridgehead atoms. The van der Waals surface area contributed by atoms with Crippen LogP contribution in [-0.2, 0) is 25.7 Å². The summed E-state index contributed by atoms with van der Waals surface area (Å²) in [5, 5.41) is 9.33. The molecule has 3 N–H and O–H groups in total. The van der Waals surface area contributed by atoms with E-state index in [1.54, 1.807) is 31.2 Å². The second-order valence-electron chi connectivity index (χ2n) is 11.0. The largest absolute Gasteiger partial charge is 0.497 e. The second-order valence-corrected chi connectivity index (χ2v) is 11.0. The summed E-state index contributed by atoms with van der Waals surface area (Å²) in [7, 11) is 3.22. The van der Waals surface area contributed by atoms with E-state index in [-0.39, 0.29) is 43.2 Å². The third kappa shape index (κ3) is 8.69.